The van der Waals surface area contributed by atoms with Crippen LogP contribution in [0, 0.1) is 0 Å². The molecule has 0 spiro atoms. The normalized spacial score (nSPS) is 11.9. The lowest BCUT2D eigenvalue weighted by atomic mass is 10.0. The number of benzene rings is 9. The van der Waals surface area contributed by atoms with Crippen LogP contribution in [0.4, 0.5) is 0 Å². The lowest BCUT2D eigenvalue weighted by Gasteiger charge is -2.18. The molecular weight excluding hydrogens is 703 g/mol. The highest BCUT2D eigenvalue weighted by atomic mass is 15.0. The summed E-state index contributed by atoms with van der Waals surface area (Å²) < 4.78 is 7.36. The van der Waals surface area contributed by atoms with Gasteiger partial charge in [0.25, 0.3) is 0 Å². The lowest BCUT2D eigenvalue weighted by molar-refractivity contribution is 1.15. The van der Waals surface area contributed by atoms with E-state index in [9.17, 15) is 0 Å². The molecule has 3 nitrogen and oxygen atoms in total. The molecule has 0 bridgehead atoms. The van der Waals surface area contributed by atoms with E-state index in [-0.39, 0.29) is 0 Å². The summed E-state index contributed by atoms with van der Waals surface area (Å²) in [6.07, 6.45) is 0.874. The number of fused-ring (bicyclic) bond motifs is 9. The third-order valence-corrected chi connectivity index (χ3v) is 12.1. The van der Waals surface area contributed by atoms with Crippen LogP contribution in [0.5, 0.6) is 0 Å². The standard InChI is InChI=1S/C55H37N3/c1-2-16-37(17-3-1)34-38-30-32-54-46(35-38)47-36-39(56-48-24-10-4-18-40(48)41-19-5-11-25-49(41)56)31-33-55(47)58(54)53-29-15-9-23-45(53)44-22-8-14-28-52(44)57-50-26-12-6-20-42(50)43-21-7-13-27-51(43)57/h1-33,35-36H,34H2. The zero-order chi connectivity index (χ0) is 38.2. The van der Waals surface area contributed by atoms with Gasteiger partial charge in [0.05, 0.1) is 44.5 Å². The average Bonchev–Trinajstić information content (AvgIpc) is 3.92. The molecule has 3 aromatic heterocycles. The second-order valence-electron chi connectivity index (χ2n) is 15.3. The minimum Gasteiger partial charge on any atom is -0.309 e. The Morgan fingerprint density at radius 2 is 0.655 bits per heavy atom. The van der Waals surface area contributed by atoms with Crippen molar-refractivity contribution in [3.63, 3.8) is 0 Å². The summed E-state index contributed by atoms with van der Waals surface area (Å²) in [5.41, 5.74) is 15.6. The summed E-state index contributed by atoms with van der Waals surface area (Å²) in [6.45, 7) is 0. The summed E-state index contributed by atoms with van der Waals surface area (Å²) in [5, 5.41) is 7.53. The Hall–Kier alpha value is -7.62. The average molecular weight is 740 g/mol. The highest BCUT2D eigenvalue weighted by molar-refractivity contribution is 6.13. The van der Waals surface area contributed by atoms with E-state index in [4.69, 9.17) is 0 Å². The molecule has 272 valence electrons. The van der Waals surface area contributed by atoms with E-state index in [1.165, 1.54) is 87.7 Å². The molecule has 0 radical (unpaired) electrons. The molecule has 12 aromatic rings. The second-order valence-corrected chi connectivity index (χ2v) is 15.3. The topological polar surface area (TPSA) is 14.8 Å². The van der Waals surface area contributed by atoms with Crippen molar-refractivity contribution in [1.29, 1.82) is 0 Å². The molecule has 0 saturated carbocycles. The molecular formula is C55H37N3. The number of rotatable bonds is 6. The number of hydrogen-bond donors (Lipinski definition) is 0. The molecule has 58 heavy (non-hydrogen) atoms. The number of hydrogen-bond acceptors (Lipinski definition) is 0. The van der Waals surface area contributed by atoms with Crippen LogP contribution in [0.25, 0.3) is 93.6 Å². The van der Waals surface area contributed by atoms with Crippen molar-refractivity contribution >= 4 is 65.4 Å². The van der Waals surface area contributed by atoms with Gasteiger partial charge >= 0.3 is 0 Å². The summed E-state index contributed by atoms with van der Waals surface area (Å²) in [5.74, 6) is 0. The molecule has 12 rings (SSSR count). The molecule has 0 aliphatic rings. The minimum absolute atomic E-state index is 0.874. The second kappa shape index (κ2) is 13.0. The molecule has 0 fully saturated rings. The van der Waals surface area contributed by atoms with Gasteiger partial charge in [0.2, 0.25) is 0 Å². The van der Waals surface area contributed by atoms with Crippen molar-refractivity contribution in [2.75, 3.05) is 0 Å². The molecule has 0 aliphatic carbocycles. The van der Waals surface area contributed by atoms with E-state index >= 15 is 0 Å². The fourth-order valence-corrected chi connectivity index (χ4v) is 9.57. The third kappa shape index (κ3) is 4.93. The minimum atomic E-state index is 0.874. The smallest absolute Gasteiger partial charge is 0.0542 e. The van der Waals surface area contributed by atoms with E-state index in [0.717, 1.165) is 23.5 Å². The zero-order valence-electron chi connectivity index (χ0n) is 31.8. The van der Waals surface area contributed by atoms with Crippen LogP contribution in [0.3, 0.4) is 0 Å². The van der Waals surface area contributed by atoms with Crippen molar-refractivity contribution in [1.82, 2.24) is 13.7 Å². The third-order valence-electron chi connectivity index (χ3n) is 12.1. The van der Waals surface area contributed by atoms with E-state index in [0.29, 0.717) is 0 Å². The first-order valence-corrected chi connectivity index (χ1v) is 20.1. The van der Waals surface area contributed by atoms with Gasteiger partial charge in [-0.05, 0) is 84.3 Å². The number of nitrogens with zero attached hydrogens (tertiary/aromatic N) is 3. The van der Waals surface area contributed by atoms with Crippen molar-refractivity contribution in [3.05, 3.63) is 223 Å². The first-order chi connectivity index (χ1) is 28.8. The van der Waals surface area contributed by atoms with Crippen LogP contribution in [0.15, 0.2) is 212 Å². The molecule has 9 aromatic carbocycles. The maximum Gasteiger partial charge on any atom is 0.0542 e. The van der Waals surface area contributed by atoms with E-state index in [1.54, 1.807) is 0 Å². The maximum atomic E-state index is 2.49. The first kappa shape index (κ1) is 32.6. The van der Waals surface area contributed by atoms with Crippen LogP contribution in [-0.2, 0) is 6.42 Å². The molecule has 0 unspecified atom stereocenters. The summed E-state index contributed by atoms with van der Waals surface area (Å²) in [7, 11) is 0. The zero-order valence-corrected chi connectivity index (χ0v) is 31.8. The number of para-hydroxylation sites is 6. The van der Waals surface area contributed by atoms with Gasteiger partial charge in [-0.2, -0.15) is 0 Å². The Balaban J connectivity index is 1.12. The summed E-state index contributed by atoms with van der Waals surface area (Å²) >= 11 is 0. The molecule has 0 amide bonds. The fourth-order valence-electron chi connectivity index (χ4n) is 9.57. The van der Waals surface area contributed by atoms with Gasteiger partial charge in [-0.3, -0.25) is 0 Å². The van der Waals surface area contributed by atoms with Crippen molar-refractivity contribution < 1.29 is 0 Å². The van der Waals surface area contributed by atoms with E-state index in [1.807, 2.05) is 0 Å². The van der Waals surface area contributed by atoms with Crippen LogP contribution in [0.2, 0.25) is 0 Å². The van der Waals surface area contributed by atoms with Gasteiger partial charge in [0.1, 0.15) is 0 Å². The van der Waals surface area contributed by atoms with Crippen LogP contribution >= 0.6 is 0 Å². The van der Waals surface area contributed by atoms with Crippen molar-refractivity contribution in [2.45, 2.75) is 6.42 Å². The van der Waals surface area contributed by atoms with Crippen LogP contribution < -0.4 is 0 Å². The maximum absolute atomic E-state index is 2.49. The quantitative estimate of drug-likeness (QED) is 0.161. The SMILES string of the molecule is c1ccc(Cc2ccc3c(c2)c2cc(-n4c5ccccc5c5ccccc54)ccc2n3-c2ccccc2-c2ccccc2-n2c3ccccc3c3ccccc32)cc1. The van der Waals surface area contributed by atoms with Gasteiger partial charge in [0, 0.05) is 49.1 Å². The van der Waals surface area contributed by atoms with Crippen molar-refractivity contribution in [2.24, 2.45) is 0 Å². The molecule has 0 aliphatic heterocycles. The highest BCUT2D eigenvalue weighted by Crippen LogP contribution is 2.42. The predicted octanol–water partition coefficient (Wildman–Crippen LogP) is 14.2. The molecule has 0 N–H and O–H groups in total. The Morgan fingerprint density at radius 3 is 1.19 bits per heavy atom. The van der Waals surface area contributed by atoms with E-state index < -0.39 is 0 Å². The van der Waals surface area contributed by atoms with Gasteiger partial charge in [-0.15, -0.1) is 0 Å². The number of aromatic nitrogens is 3. The van der Waals surface area contributed by atoms with E-state index in [2.05, 4.69) is 226 Å². The Kier molecular flexibility index (Phi) is 7.29. The van der Waals surface area contributed by atoms with Gasteiger partial charge in [-0.1, -0.05) is 146 Å². The van der Waals surface area contributed by atoms with Crippen molar-refractivity contribution in [3.8, 4) is 28.2 Å². The fraction of sp³-hybridized carbons (Fsp3) is 0.0182. The Morgan fingerprint density at radius 1 is 0.259 bits per heavy atom. The van der Waals surface area contributed by atoms with Crippen LogP contribution in [0.1, 0.15) is 11.1 Å². The monoisotopic (exact) mass is 739 g/mol. The largest absolute Gasteiger partial charge is 0.309 e. The van der Waals surface area contributed by atoms with Gasteiger partial charge in [-0.25, -0.2) is 0 Å². The molecule has 0 atom stereocenters. The predicted molar refractivity (Wildman–Crippen MR) is 244 cm³/mol. The van der Waals surface area contributed by atoms with Crippen LogP contribution in [-0.4, -0.2) is 13.7 Å². The summed E-state index contributed by atoms with van der Waals surface area (Å²) in [6, 6.07) is 77.8. The molecule has 3 heteroatoms. The molecule has 3 heterocycles. The molecule has 0 saturated heterocycles. The Labute approximate surface area is 335 Å². The lowest BCUT2D eigenvalue weighted by Crippen LogP contribution is -2.01. The highest BCUT2D eigenvalue weighted by Gasteiger charge is 2.21. The first-order valence-electron chi connectivity index (χ1n) is 20.1. The van der Waals surface area contributed by atoms with Gasteiger partial charge in [0.15, 0.2) is 0 Å². The Bertz CT molecular complexity index is 3440. The van der Waals surface area contributed by atoms with Gasteiger partial charge < -0.3 is 13.7 Å². The summed E-state index contributed by atoms with van der Waals surface area (Å²) in [4.78, 5) is 0.